The van der Waals surface area contributed by atoms with Crippen LogP contribution >= 0.6 is 0 Å². The Balaban J connectivity index is 1.57. The molecule has 0 atom stereocenters. The van der Waals surface area contributed by atoms with Crippen molar-refractivity contribution in [1.29, 1.82) is 0 Å². The predicted octanol–water partition coefficient (Wildman–Crippen LogP) is 2.29. The minimum atomic E-state index is -0.159. The van der Waals surface area contributed by atoms with Crippen LogP contribution in [0.25, 0.3) is 0 Å². The van der Waals surface area contributed by atoms with E-state index in [-0.39, 0.29) is 5.91 Å². The Morgan fingerprint density at radius 2 is 1.90 bits per heavy atom. The van der Waals surface area contributed by atoms with Gasteiger partial charge in [0.2, 0.25) is 0 Å². The van der Waals surface area contributed by atoms with E-state index in [9.17, 15) is 4.79 Å². The summed E-state index contributed by atoms with van der Waals surface area (Å²) in [4.78, 5) is 20.5. The van der Waals surface area contributed by atoms with Crippen molar-refractivity contribution < 1.29 is 9.53 Å². The van der Waals surface area contributed by atoms with Crippen molar-refractivity contribution in [3.05, 3.63) is 53.6 Å². The van der Waals surface area contributed by atoms with Gasteiger partial charge >= 0.3 is 0 Å². The van der Waals surface area contributed by atoms with E-state index in [2.05, 4.69) is 15.3 Å². The van der Waals surface area contributed by atoms with E-state index in [4.69, 9.17) is 4.74 Å². The smallest absolute Gasteiger partial charge is 0.254 e. The number of benzene rings is 1. The first kappa shape index (κ1) is 13.5. The Morgan fingerprint density at radius 1 is 1.24 bits per heavy atom. The standard InChI is InChI=1S/C16H17N3O2/c1-21-14-6-2-11(3-7-14)8-19-16(20)13-9-17-15(18-10-13)12-4-5-12/h2-3,6-7,9-10,12H,4-5,8H2,1H3,(H,19,20). The number of aromatic nitrogens is 2. The molecule has 0 radical (unpaired) electrons. The highest BCUT2D eigenvalue weighted by atomic mass is 16.5. The van der Waals surface area contributed by atoms with Gasteiger partial charge in [-0.15, -0.1) is 0 Å². The van der Waals surface area contributed by atoms with Gasteiger partial charge in [0.1, 0.15) is 11.6 Å². The zero-order chi connectivity index (χ0) is 14.7. The number of amides is 1. The van der Waals surface area contributed by atoms with Gasteiger partial charge in [-0.2, -0.15) is 0 Å². The SMILES string of the molecule is COc1ccc(CNC(=O)c2cnc(C3CC3)nc2)cc1. The molecule has 5 nitrogen and oxygen atoms in total. The topological polar surface area (TPSA) is 64.1 Å². The number of carbonyl (C=O) groups is 1. The first-order chi connectivity index (χ1) is 10.3. The van der Waals surface area contributed by atoms with E-state index >= 15 is 0 Å². The molecule has 5 heteroatoms. The molecule has 108 valence electrons. The molecule has 0 aliphatic heterocycles. The van der Waals surface area contributed by atoms with Gasteiger partial charge in [0, 0.05) is 24.9 Å². The Kier molecular flexibility index (Phi) is 3.81. The number of nitrogens with zero attached hydrogens (tertiary/aromatic N) is 2. The summed E-state index contributed by atoms with van der Waals surface area (Å²) in [6.07, 6.45) is 5.51. The molecule has 0 bridgehead atoms. The van der Waals surface area contributed by atoms with E-state index in [1.807, 2.05) is 24.3 Å². The summed E-state index contributed by atoms with van der Waals surface area (Å²) in [6, 6.07) is 7.58. The van der Waals surface area contributed by atoms with Crippen molar-refractivity contribution in [2.45, 2.75) is 25.3 Å². The second-order valence-electron chi connectivity index (χ2n) is 5.13. The lowest BCUT2D eigenvalue weighted by atomic mass is 10.2. The minimum Gasteiger partial charge on any atom is -0.497 e. The molecule has 1 aromatic carbocycles. The summed E-state index contributed by atoms with van der Waals surface area (Å²) in [6.45, 7) is 0.465. The third-order valence-electron chi connectivity index (χ3n) is 3.49. The Labute approximate surface area is 123 Å². The van der Waals surface area contributed by atoms with Gasteiger partial charge in [-0.1, -0.05) is 12.1 Å². The van der Waals surface area contributed by atoms with Gasteiger partial charge < -0.3 is 10.1 Å². The first-order valence-electron chi connectivity index (χ1n) is 6.99. The largest absolute Gasteiger partial charge is 0.497 e. The van der Waals surface area contributed by atoms with Gasteiger partial charge in [0.15, 0.2) is 0 Å². The molecule has 1 fully saturated rings. The number of carbonyl (C=O) groups excluding carboxylic acids is 1. The second kappa shape index (κ2) is 5.91. The average Bonchev–Trinajstić information content (AvgIpc) is 3.38. The number of hydrogen-bond acceptors (Lipinski definition) is 4. The summed E-state index contributed by atoms with van der Waals surface area (Å²) < 4.78 is 5.10. The van der Waals surface area contributed by atoms with Crippen LogP contribution in [0.1, 0.15) is 40.5 Å². The molecule has 21 heavy (non-hydrogen) atoms. The zero-order valence-corrected chi connectivity index (χ0v) is 11.9. The summed E-state index contributed by atoms with van der Waals surface area (Å²) in [5.41, 5.74) is 1.51. The van der Waals surface area contributed by atoms with Crippen LogP contribution in [0.4, 0.5) is 0 Å². The van der Waals surface area contributed by atoms with Gasteiger partial charge in [-0.3, -0.25) is 4.79 Å². The van der Waals surface area contributed by atoms with Crippen molar-refractivity contribution >= 4 is 5.91 Å². The lowest BCUT2D eigenvalue weighted by molar-refractivity contribution is 0.0950. The molecular formula is C16H17N3O2. The molecule has 1 amide bonds. The zero-order valence-electron chi connectivity index (χ0n) is 11.9. The Morgan fingerprint density at radius 3 is 2.48 bits per heavy atom. The molecule has 0 unspecified atom stereocenters. The van der Waals surface area contributed by atoms with Gasteiger partial charge in [0.25, 0.3) is 5.91 Å². The average molecular weight is 283 g/mol. The van der Waals surface area contributed by atoms with Crippen molar-refractivity contribution in [3.63, 3.8) is 0 Å². The van der Waals surface area contributed by atoms with Crippen LogP contribution in [0.2, 0.25) is 0 Å². The minimum absolute atomic E-state index is 0.159. The number of ether oxygens (including phenoxy) is 1. The highest BCUT2D eigenvalue weighted by molar-refractivity contribution is 5.93. The van der Waals surface area contributed by atoms with E-state index in [0.29, 0.717) is 18.0 Å². The van der Waals surface area contributed by atoms with Gasteiger partial charge in [-0.25, -0.2) is 9.97 Å². The molecule has 2 aromatic rings. The molecule has 0 spiro atoms. The molecule has 1 aliphatic carbocycles. The molecular weight excluding hydrogens is 266 g/mol. The summed E-state index contributed by atoms with van der Waals surface area (Å²) in [7, 11) is 1.63. The monoisotopic (exact) mass is 283 g/mol. The summed E-state index contributed by atoms with van der Waals surface area (Å²) in [5.74, 6) is 1.99. The molecule has 1 heterocycles. The van der Waals surface area contributed by atoms with Crippen LogP contribution in [0.3, 0.4) is 0 Å². The molecule has 1 aliphatic rings. The molecule has 1 N–H and O–H groups in total. The van der Waals surface area contributed by atoms with Crippen LogP contribution in [-0.2, 0) is 6.54 Å². The fraction of sp³-hybridized carbons (Fsp3) is 0.312. The Hall–Kier alpha value is -2.43. The molecule has 0 saturated heterocycles. The highest BCUT2D eigenvalue weighted by Crippen LogP contribution is 2.37. The van der Waals surface area contributed by atoms with Crippen LogP contribution in [-0.4, -0.2) is 23.0 Å². The van der Waals surface area contributed by atoms with E-state index in [0.717, 1.165) is 30.0 Å². The van der Waals surface area contributed by atoms with Crippen molar-refractivity contribution in [2.75, 3.05) is 7.11 Å². The van der Waals surface area contributed by atoms with Crippen LogP contribution in [0.15, 0.2) is 36.7 Å². The third-order valence-corrected chi connectivity index (χ3v) is 3.49. The number of nitrogens with one attached hydrogen (secondary N) is 1. The van der Waals surface area contributed by atoms with Gasteiger partial charge in [0.05, 0.1) is 12.7 Å². The summed E-state index contributed by atoms with van der Waals surface area (Å²) >= 11 is 0. The third kappa shape index (κ3) is 3.37. The van der Waals surface area contributed by atoms with Gasteiger partial charge in [-0.05, 0) is 30.5 Å². The van der Waals surface area contributed by atoms with Crippen LogP contribution in [0, 0.1) is 0 Å². The fourth-order valence-corrected chi connectivity index (χ4v) is 2.04. The number of methoxy groups -OCH3 is 1. The van der Waals surface area contributed by atoms with Crippen molar-refractivity contribution in [3.8, 4) is 5.75 Å². The first-order valence-corrected chi connectivity index (χ1v) is 6.99. The number of rotatable bonds is 5. The lowest BCUT2D eigenvalue weighted by Crippen LogP contribution is -2.23. The Bertz CT molecular complexity index is 619. The molecule has 3 rings (SSSR count). The number of hydrogen-bond donors (Lipinski definition) is 1. The quantitative estimate of drug-likeness (QED) is 0.914. The predicted molar refractivity (Wildman–Crippen MR) is 78.2 cm³/mol. The highest BCUT2D eigenvalue weighted by Gasteiger charge is 2.26. The lowest BCUT2D eigenvalue weighted by Gasteiger charge is -2.06. The van der Waals surface area contributed by atoms with Crippen molar-refractivity contribution in [2.24, 2.45) is 0 Å². The van der Waals surface area contributed by atoms with Crippen LogP contribution in [0.5, 0.6) is 5.75 Å². The normalized spacial score (nSPS) is 13.8. The maximum atomic E-state index is 12.0. The fourth-order valence-electron chi connectivity index (χ4n) is 2.04. The second-order valence-corrected chi connectivity index (χ2v) is 5.13. The van der Waals surface area contributed by atoms with Crippen molar-refractivity contribution in [1.82, 2.24) is 15.3 Å². The molecule has 1 aromatic heterocycles. The van der Waals surface area contributed by atoms with Crippen LogP contribution < -0.4 is 10.1 Å². The van der Waals surface area contributed by atoms with E-state index in [1.54, 1.807) is 19.5 Å². The maximum Gasteiger partial charge on any atom is 0.254 e. The summed E-state index contributed by atoms with van der Waals surface area (Å²) in [5, 5.41) is 2.86. The van der Waals surface area contributed by atoms with E-state index < -0.39 is 0 Å². The van der Waals surface area contributed by atoms with E-state index in [1.165, 1.54) is 0 Å². The molecule has 1 saturated carbocycles. The maximum absolute atomic E-state index is 12.0.